The van der Waals surface area contributed by atoms with Gasteiger partial charge in [-0.1, -0.05) is 56.3 Å². The smallest absolute Gasteiger partial charge is 0.335 e. The third-order valence-electron chi connectivity index (χ3n) is 3.77. The van der Waals surface area contributed by atoms with Crippen molar-refractivity contribution in [2.24, 2.45) is 5.92 Å². The van der Waals surface area contributed by atoms with E-state index < -0.39 is 5.97 Å². The number of carbonyl (C=O) groups excluding carboxylic acids is 1. The van der Waals surface area contributed by atoms with Gasteiger partial charge in [0.05, 0.1) is 11.6 Å². The summed E-state index contributed by atoms with van der Waals surface area (Å²) in [5.74, 6) is -0.706. The normalized spacial score (nSPS) is 11.8. The average Bonchev–Trinajstić information content (AvgIpc) is 2.58. The molecule has 1 unspecified atom stereocenters. The summed E-state index contributed by atoms with van der Waals surface area (Å²) in [5.41, 5.74) is 2.14. The molecule has 0 fully saturated rings. The number of amides is 2. The molecule has 126 valence electrons. The molecule has 1 atom stereocenters. The van der Waals surface area contributed by atoms with Crippen LogP contribution in [0.4, 0.5) is 4.79 Å². The molecule has 0 heterocycles. The van der Waals surface area contributed by atoms with E-state index in [4.69, 9.17) is 5.11 Å². The van der Waals surface area contributed by atoms with E-state index in [1.54, 1.807) is 12.1 Å². The summed E-state index contributed by atoms with van der Waals surface area (Å²) in [6.07, 6.45) is 0. The van der Waals surface area contributed by atoms with Gasteiger partial charge in [0.15, 0.2) is 0 Å². The predicted molar refractivity (Wildman–Crippen MR) is 92.8 cm³/mol. The number of carboxylic acids is 1. The largest absolute Gasteiger partial charge is 0.478 e. The number of carboxylic acid groups (broad SMARTS) is 1. The fourth-order valence-corrected chi connectivity index (χ4v) is 2.44. The fourth-order valence-electron chi connectivity index (χ4n) is 2.44. The van der Waals surface area contributed by atoms with Crippen molar-refractivity contribution in [3.05, 3.63) is 71.3 Å². The summed E-state index contributed by atoms with van der Waals surface area (Å²) >= 11 is 0. The highest BCUT2D eigenvalue weighted by atomic mass is 16.4. The van der Waals surface area contributed by atoms with Crippen LogP contribution in [0.1, 0.15) is 41.4 Å². The van der Waals surface area contributed by atoms with Crippen LogP contribution in [0.5, 0.6) is 0 Å². The minimum atomic E-state index is -0.963. The van der Waals surface area contributed by atoms with Crippen LogP contribution >= 0.6 is 0 Å². The maximum atomic E-state index is 12.2. The van der Waals surface area contributed by atoms with Crippen molar-refractivity contribution in [3.63, 3.8) is 0 Å². The van der Waals surface area contributed by atoms with E-state index in [0.717, 1.165) is 11.1 Å². The van der Waals surface area contributed by atoms with Crippen LogP contribution in [0.25, 0.3) is 0 Å². The second-order valence-electron chi connectivity index (χ2n) is 5.96. The highest BCUT2D eigenvalue weighted by Crippen LogP contribution is 2.21. The lowest BCUT2D eigenvalue weighted by molar-refractivity contribution is 0.0697. The Labute approximate surface area is 141 Å². The van der Waals surface area contributed by atoms with Crippen molar-refractivity contribution >= 4 is 12.0 Å². The Bertz CT molecular complexity index is 682. The number of carbonyl (C=O) groups is 2. The summed E-state index contributed by atoms with van der Waals surface area (Å²) in [5, 5.41) is 14.7. The van der Waals surface area contributed by atoms with Gasteiger partial charge >= 0.3 is 12.0 Å². The quantitative estimate of drug-likeness (QED) is 0.759. The highest BCUT2D eigenvalue weighted by molar-refractivity contribution is 5.87. The molecule has 0 radical (unpaired) electrons. The van der Waals surface area contributed by atoms with Crippen LogP contribution in [0.2, 0.25) is 0 Å². The summed E-state index contributed by atoms with van der Waals surface area (Å²) in [4.78, 5) is 23.0. The first-order chi connectivity index (χ1) is 11.5. The predicted octanol–water partition coefficient (Wildman–Crippen LogP) is 3.58. The van der Waals surface area contributed by atoms with E-state index >= 15 is 0 Å². The zero-order valence-electron chi connectivity index (χ0n) is 13.8. The molecule has 24 heavy (non-hydrogen) atoms. The molecule has 2 aromatic rings. The first-order valence-electron chi connectivity index (χ1n) is 7.89. The van der Waals surface area contributed by atoms with Crippen molar-refractivity contribution in [1.29, 1.82) is 0 Å². The van der Waals surface area contributed by atoms with Crippen LogP contribution < -0.4 is 10.6 Å². The van der Waals surface area contributed by atoms with Crippen molar-refractivity contribution < 1.29 is 14.7 Å². The maximum Gasteiger partial charge on any atom is 0.335 e. The fraction of sp³-hybridized carbons (Fsp3) is 0.263. The lowest BCUT2D eigenvalue weighted by Gasteiger charge is -2.23. The standard InChI is InChI=1S/C19H22N2O3/c1-13(2)17(15-6-4-3-5-7-15)21-19(24)20-12-14-8-10-16(11-9-14)18(22)23/h3-11,13,17H,12H2,1-2H3,(H,22,23)(H2,20,21,24). The summed E-state index contributed by atoms with van der Waals surface area (Å²) in [7, 11) is 0. The summed E-state index contributed by atoms with van der Waals surface area (Å²) in [6, 6.07) is 16.0. The highest BCUT2D eigenvalue weighted by Gasteiger charge is 2.17. The molecule has 5 nitrogen and oxygen atoms in total. The van der Waals surface area contributed by atoms with Gasteiger partial charge in [-0.2, -0.15) is 0 Å². The molecule has 0 aliphatic carbocycles. The maximum absolute atomic E-state index is 12.2. The monoisotopic (exact) mass is 326 g/mol. The molecule has 0 aromatic heterocycles. The van der Waals surface area contributed by atoms with Crippen molar-refractivity contribution in [1.82, 2.24) is 10.6 Å². The van der Waals surface area contributed by atoms with Gasteiger partial charge in [-0.05, 0) is 29.2 Å². The van der Waals surface area contributed by atoms with Gasteiger partial charge in [0.2, 0.25) is 0 Å². The number of hydrogen-bond donors (Lipinski definition) is 3. The van der Waals surface area contributed by atoms with Crippen LogP contribution in [0.3, 0.4) is 0 Å². The molecule has 0 saturated heterocycles. The van der Waals surface area contributed by atoms with E-state index in [1.807, 2.05) is 30.3 Å². The molecule has 2 rings (SSSR count). The van der Waals surface area contributed by atoms with Gasteiger partial charge in [-0.3, -0.25) is 0 Å². The van der Waals surface area contributed by atoms with E-state index in [0.29, 0.717) is 6.54 Å². The molecule has 0 spiro atoms. The van der Waals surface area contributed by atoms with Crippen LogP contribution in [-0.2, 0) is 6.54 Å². The first kappa shape index (κ1) is 17.5. The number of nitrogens with one attached hydrogen (secondary N) is 2. The zero-order chi connectivity index (χ0) is 17.5. The Hall–Kier alpha value is -2.82. The SMILES string of the molecule is CC(C)C(NC(=O)NCc1ccc(C(=O)O)cc1)c1ccccc1. The Morgan fingerprint density at radius 3 is 2.17 bits per heavy atom. The first-order valence-corrected chi connectivity index (χ1v) is 7.89. The second kappa shape index (κ2) is 8.15. The third kappa shape index (κ3) is 4.84. The lowest BCUT2D eigenvalue weighted by Crippen LogP contribution is -2.39. The molecule has 5 heteroatoms. The average molecular weight is 326 g/mol. The molecule has 0 saturated carbocycles. The Kier molecular flexibility index (Phi) is 5.95. The third-order valence-corrected chi connectivity index (χ3v) is 3.77. The van der Waals surface area contributed by atoms with Gasteiger partial charge in [0.25, 0.3) is 0 Å². The molecular weight excluding hydrogens is 304 g/mol. The van der Waals surface area contributed by atoms with E-state index in [1.165, 1.54) is 12.1 Å². The minimum Gasteiger partial charge on any atom is -0.478 e. The topological polar surface area (TPSA) is 78.4 Å². The molecule has 2 aromatic carbocycles. The van der Waals surface area contributed by atoms with Crippen molar-refractivity contribution in [2.45, 2.75) is 26.4 Å². The Morgan fingerprint density at radius 2 is 1.62 bits per heavy atom. The number of urea groups is 1. The van der Waals surface area contributed by atoms with Crippen molar-refractivity contribution in [2.75, 3.05) is 0 Å². The van der Waals surface area contributed by atoms with Gasteiger partial charge in [0.1, 0.15) is 0 Å². The van der Waals surface area contributed by atoms with Gasteiger partial charge in [-0.15, -0.1) is 0 Å². The van der Waals surface area contributed by atoms with Gasteiger partial charge < -0.3 is 15.7 Å². The minimum absolute atomic E-state index is 0.0689. The van der Waals surface area contributed by atoms with E-state index in [-0.39, 0.29) is 23.6 Å². The molecule has 3 N–H and O–H groups in total. The number of aromatic carboxylic acids is 1. The van der Waals surface area contributed by atoms with Crippen LogP contribution in [0.15, 0.2) is 54.6 Å². The number of rotatable bonds is 6. The number of benzene rings is 2. The second-order valence-corrected chi connectivity index (χ2v) is 5.96. The number of hydrogen-bond acceptors (Lipinski definition) is 2. The zero-order valence-corrected chi connectivity index (χ0v) is 13.8. The molecule has 0 aliphatic rings. The van der Waals surface area contributed by atoms with Crippen molar-refractivity contribution in [3.8, 4) is 0 Å². The molecule has 2 amide bonds. The Morgan fingerprint density at radius 1 is 1.00 bits per heavy atom. The molecular formula is C19H22N2O3. The van der Waals surface area contributed by atoms with Gasteiger partial charge in [0, 0.05) is 6.54 Å². The lowest BCUT2D eigenvalue weighted by atomic mass is 9.96. The van der Waals surface area contributed by atoms with Crippen LogP contribution in [-0.4, -0.2) is 17.1 Å². The van der Waals surface area contributed by atoms with E-state index in [2.05, 4.69) is 24.5 Å². The Balaban J connectivity index is 1.93. The molecule has 0 aliphatic heterocycles. The summed E-state index contributed by atoms with van der Waals surface area (Å²) in [6.45, 7) is 4.45. The molecule has 0 bridgehead atoms. The van der Waals surface area contributed by atoms with Crippen LogP contribution in [0, 0.1) is 5.92 Å². The van der Waals surface area contributed by atoms with Gasteiger partial charge in [-0.25, -0.2) is 9.59 Å². The summed E-state index contributed by atoms with van der Waals surface area (Å²) < 4.78 is 0. The van der Waals surface area contributed by atoms with E-state index in [9.17, 15) is 9.59 Å².